The molecule has 4 nitrogen and oxygen atoms in total. The van der Waals surface area contributed by atoms with E-state index in [9.17, 15) is 4.79 Å². The number of allylic oxidation sites excluding steroid dienone is 2. The van der Waals surface area contributed by atoms with Gasteiger partial charge in [-0.3, -0.25) is 4.79 Å². The Morgan fingerprint density at radius 2 is 1.77 bits per heavy atom. The van der Waals surface area contributed by atoms with E-state index >= 15 is 0 Å². The Morgan fingerprint density at radius 3 is 2.37 bits per heavy atom. The first kappa shape index (κ1) is 26.8. The zero-order valence-corrected chi connectivity index (χ0v) is 23.5. The molecule has 0 fully saturated rings. The van der Waals surface area contributed by atoms with Crippen LogP contribution < -0.4 is 0 Å². The number of fused-ring (bicyclic) bond motifs is 5. The van der Waals surface area contributed by atoms with E-state index in [1.54, 1.807) is 0 Å². The molecule has 0 bridgehead atoms. The Hall–Kier alpha value is -2.75. The van der Waals surface area contributed by atoms with Gasteiger partial charge >= 0.3 is 0 Å². The largest absolute Gasteiger partial charge is 0.512 e. The van der Waals surface area contributed by atoms with Crippen molar-refractivity contribution in [3.05, 3.63) is 77.7 Å². The van der Waals surface area contributed by atoms with Gasteiger partial charge in [0.15, 0.2) is 5.78 Å². The maximum Gasteiger partial charge on any atom is 0.155 e. The van der Waals surface area contributed by atoms with Gasteiger partial charge in [0.2, 0.25) is 0 Å². The first-order valence-electron chi connectivity index (χ1n) is 11.7. The second kappa shape index (κ2) is 10.1. The van der Waals surface area contributed by atoms with Crippen LogP contribution in [0.1, 0.15) is 65.5 Å². The van der Waals surface area contributed by atoms with Gasteiger partial charge in [-0.2, -0.15) is 0 Å². The van der Waals surface area contributed by atoms with E-state index in [1.807, 2.05) is 30.5 Å². The van der Waals surface area contributed by atoms with Crippen LogP contribution in [0.15, 0.2) is 64.9 Å². The first-order valence-corrected chi connectivity index (χ1v) is 11.7. The Balaban J connectivity index is 0.000000378. The molecule has 185 valence electrons. The molecule has 1 radical (unpaired) electrons. The molecule has 1 aliphatic carbocycles. The molecule has 5 heteroatoms. The van der Waals surface area contributed by atoms with Crippen molar-refractivity contribution >= 4 is 27.7 Å². The van der Waals surface area contributed by atoms with Gasteiger partial charge in [-0.25, -0.2) is 0 Å². The summed E-state index contributed by atoms with van der Waals surface area (Å²) in [6, 6.07) is 17.8. The number of carbonyl (C=O) groups is 1. The molecule has 0 aliphatic heterocycles. The van der Waals surface area contributed by atoms with Crippen molar-refractivity contribution in [1.82, 2.24) is 4.98 Å². The van der Waals surface area contributed by atoms with Crippen LogP contribution in [0.5, 0.6) is 0 Å². The number of rotatable bonds is 2. The fourth-order valence-corrected chi connectivity index (χ4v) is 4.97. The molecule has 1 N–H and O–H groups in total. The predicted molar refractivity (Wildman–Crippen MR) is 138 cm³/mol. The van der Waals surface area contributed by atoms with Crippen LogP contribution in [-0.2, 0) is 35.7 Å². The van der Waals surface area contributed by atoms with E-state index < -0.39 is 0 Å². The first-order chi connectivity index (χ1) is 16.0. The molecule has 2 heterocycles. The van der Waals surface area contributed by atoms with Crippen molar-refractivity contribution in [3.63, 3.8) is 0 Å². The summed E-state index contributed by atoms with van der Waals surface area (Å²) in [5, 5.41) is 10.8. The van der Waals surface area contributed by atoms with Gasteiger partial charge in [0.05, 0.1) is 5.76 Å². The third-order valence-electron chi connectivity index (χ3n) is 6.71. The van der Waals surface area contributed by atoms with Gasteiger partial charge in [0.25, 0.3) is 0 Å². The molecule has 0 spiro atoms. The second-order valence-electron chi connectivity index (χ2n) is 10.4. The summed E-state index contributed by atoms with van der Waals surface area (Å²) in [5.74, 6) is -0.0625. The molecule has 35 heavy (non-hydrogen) atoms. The summed E-state index contributed by atoms with van der Waals surface area (Å²) in [7, 11) is 0. The smallest absolute Gasteiger partial charge is 0.155 e. The van der Waals surface area contributed by atoms with Crippen molar-refractivity contribution in [2.45, 2.75) is 65.2 Å². The van der Waals surface area contributed by atoms with Gasteiger partial charge in [0, 0.05) is 48.8 Å². The molecule has 2 aromatic carbocycles. The standard InChI is InChI=1S/C25H24NO.C5H8O2.Ir/c1-24(2)13-14-25(3,4)21-18(24)10-11-19-20(21)17-12-15-26-22(23(17)27-19)16-8-6-5-7-9-16;1-4(6)3-5(2)7;/h5-8,10-12,15H,13-14H2,1-4H3;3,6H,1-2H3;/q-1;;/b;4-3-;. The average molecular weight is 647 g/mol. The molecular formula is C30H32IrNO3-. The second-order valence-corrected chi connectivity index (χ2v) is 10.4. The third kappa shape index (κ3) is 5.27. The Bertz CT molecular complexity index is 1390. The van der Waals surface area contributed by atoms with Gasteiger partial charge in [0.1, 0.15) is 11.2 Å². The quantitative estimate of drug-likeness (QED) is 0.137. The minimum atomic E-state index is -0.125. The summed E-state index contributed by atoms with van der Waals surface area (Å²) < 4.78 is 6.38. The monoisotopic (exact) mass is 647 g/mol. The van der Waals surface area contributed by atoms with Crippen LogP contribution in [0.2, 0.25) is 0 Å². The number of furan rings is 1. The molecular weight excluding hydrogens is 615 g/mol. The normalized spacial score (nSPS) is 16.1. The molecule has 1 aliphatic rings. The molecule has 0 unspecified atom stereocenters. The van der Waals surface area contributed by atoms with Crippen molar-refractivity contribution in [1.29, 1.82) is 0 Å². The Labute approximate surface area is 220 Å². The van der Waals surface area contributed by atoms with Crippen LogP contribution in [0, 0.1) is 6.07 Å². The van der Waals surface area contributed by atoms with Crippen LogP contribution in [-0.4, -0.2) is 15.9 Å². The number of hydrogen-bond acceptors (Lipinski definition) is 4. The molecule has 5 rings (SSSR count). The van der Waals surface area contributed by atoms with E-state index in [-0.39, 0.29) is 42.5 Å². The molecule has 4 aromatic rings. The number of carbonyl (C=O) groups excluding carboxylic acids is 1. The van der Waals surface area contributed by atoms with Gasteiger partial charge < -0.3 is 14.5 Å². The molecule has 2 aromatic heterocycles. The fraction of sp³-hybridized carbons (Fsp3) is 0.333. The van der Waals surface area contributed by atoms with Gasteiger partial charge in [-0.15, -0.1) is 35.9 Å². The molecule has 0 amide bonds. The average Bonchev–Trinajstić information content (AvgIpc) is 3.15. The summed E-state index contributed by atoms with van der Waals surface area (Å²) in [5.41, 5.74) is 6.88. The van der Waals surface area contributed by atoms with Crippen molar-refractivity contribution in [2.75, 3.05) is 0 Å². The van der Waals surface area contributed by atoms with E-state index in [1.165, 1.54) is 49.3 Å². The van der Waals surface area contributed by atoms with E-state index in [2.05, 4.69) is 56.9 Å². The van der Waals surface area contributed by atoms with E-state index in [0.29, 0.717) is 0 Å². The van der Waals surface area contributed by atoms with Crippen LogP contribution in [0.3, 0.4) is 0 Å². The Morgan fingerprint density at radius 1 is 1.06 bits per heavy atom. The van der Waals surface area contributed by atoms with Crippen LogP contribution in [0.4, 0.5) is 0 Å². The summed E-state index contributed by atoms with van der Waals surface area (Å²) in [6.45, 7) is 12.3. The van der Waals surface area contributed by atoms with Crippen LogP contribution in [0.25, 0.3) is 33.2 Å². The number of aromatic nitrogens is 1. The molecule has 0 saturated carbocycles. The van der Waals surface area contributed by atoms with E-state index in [0.717, 1.165) is 27.8 Å². The molecule has 0 atom stereocenters. The minimum Gasteiger partial charge on any atom is -0.512 e. The summed E-state index contributed by atoms with van der Waals surface area (Å²) in [6.07, 6.45) is 5.46. The molecule has 0 saturated heterocycles. The number of benzene rings is 2. The van der Waals surface area contributed by atoms with Crippen molar-refractivity contribution in [2.24, 2.45) is 0 Å². The van der Waals surface area contributed by atoms with E-state index in [4.69, 9.17) is 9.52 Å². The zero-order chi connectivity index (χ0) is 24.7. The zero-order valence-electron chi connectivity index (χ0n) is 21.2. The van der Waals surface area contributed by atoms with Crippen molar-refractivity contribution in [3.8, 4) is 11.3 Å². The van der Waals surface area contributed by atoms with Crippen LogP contribution >= 0.6 is 0 Å². The number of aliphatic hydroxyl groups is 1. The summed E-state index contributed by atoms with van der Waals surface area (Å²) in [4.78, 5) is 14.6. The maximum atomic E-state index is 10.0. The maximum absolute atomic E-state index is 10.0. The third-order valence-corrected chi connectivity index (χ3v) is 6.71. The SMILES string of the molecule is CC(=O)/C=C(/C)O.CC1(C)CCC(C)(C)c2c1ccc1oc3c(-c4[c-]cccc4)nccc3c21.[Ir]. The predicted octanol–water partition coefficient (Wildman–Crippen LogP) is 7.83. The number of aliphatic hydroxyl groups excluding tert-OH is 1. The topological polar surface area (TPSA) is 63.3 Å². The Kier molecular flexibility index (Phi) is 7.74. The number of pyridine rings is 1. The minimum absolute atomic E-state index is 0. The van der Waals surface area contributed by atoms with Crippen molar-refractivity contribution < 1.29 is 34.4 Å². The number of nitrogens with zero attached hydrogens (tertiary/aromatic N) is 1. The van der Waals surface area contributed by atoms with Gasteiger partial charge in [-0.05, 0) is 60.8 Å². The number of ketones is 1. The van der Waals surface area contributed by atoms with Gasteiger partial charge in [-0.1, -0.05) is 33.8 Å². The fourth-order valence-electron chi connectivity index (χ4n) is 4.97. The summed E-state index contributed by atoms with van der Waals surface area (Å²) >= 11 is 0. The number of hydrogen-bond donors (Lipinski definition) is 1.